The van der Waals surface area contributed by atoms with Gasteiger partial charge in [0.15, 0.2) is 17.1 Å². The zero-order valence-corrected chi connectivity index (χ0v) is 9.66. The molecule has 1 heterocycles. The molecule has 0 aliphatic rings. The summed E-state index contributed by atoms with van der Waals surface area (Å²) in [7, 11) is 0. The lowest BCUT2D eigenvalue weighted by Crippen LogP contribution is -1.81. The molecule has 2 rings (SSSR count). The second-order valence-corrected chi connectivity index (χ2v) is 4.48. The van der Waals surface area contributed by atoms with Gasteiger partial charge in [-0.3, -0.25) is 4.79 Å². The fraction of sp³-hybridized carbons (Fsp3) is 0.167. The van der Waals surface area contributed by atoms with Gasteiger partial charge in [-0.1, -0.05) is 30.0 Å². The molecule has 4 heteroatoms. The lowest BCUT2D eigenvalue weighted by molar-refractivity contribution is -0.109. The molecule has 0 aliphatic heterocycles. The summed E-state index contributed by atoms with van der Waals surface area (Å²) < 4.78 is 5.15. The maximum Gasteiger partial charge on any atom is 0.186 e. The van der Waals surface area contributed by atoms with E-state index in [1.807, 2.05) is 30.4 Å². The van der Waals surface area contributed by atoms with Gasteiger partial charge in [-0.2, -0.15) is 0 Å². The van der Waals surface area contributed by atoms with Crippen LogP contribution in [0.5, 0.6) is 0 Å². The molecule has 0 saturated heterocycles. The van der Waals surface area contributed by atoms with Crippen LogP contribution in [0.15, 0.2) is 35.1 Å². The standard InChI is InChI=1S/C12H11NO2S/c1-9(14)16-6-2-3-10-4-5-12-11(7-10)13-8-15-12/h2-5,7-8H,6H2,1H3. The second-order valence-electron chi connectivity index (χ2n) is 3.28. The van der Waals surface area contributed by atoms with Gasteiger partial charge in [0, 0.05) is 12.7 Å². The van der Waals surface area contributed by atoms with Crippen molar-refractivity contribution in [1.82, 2.24) is 4.98 Å². The Morgan fingerprint density at radius 1 is 1.56 bits per heavy atom. The number of aromatic nitrogens is 1. The number of carbonyl (C=O) groups excluding carboxylic acids is 1. The van der Waals surface area contributed by atoms with Crippen molar-refractivity contribution in [3.63, 3.8) is 0 Å². The molecule has 82 valence electrons. The SMILES string of the molecule is CC(=O)SCC=Cc1ccc2ocnc2c1. The average Bonchev–Trinajstić information content (AvgIpc) is 2.71. The highest BCUT2D eigenvalue weighted by molar-refractivity contribution is 8.13. The Kier molecular flexibility index (Phi) is 3.41. The monoisotopic (exact) mass is 233 g/mol. The molecule has 0 spiro atoms. The maximum absolute atomic E-state index is 10.7. The van der Waals surface area contributed by atoms with Crippen molar-refractivity contribution in [2.75, 3.05) is 5.75 Å². The van der Waals surface area contributed by atoms with E-state index in [1.165, 1.54) is 18.2 Å². The Morgan fingerprint density at radius 3 is 3.25 bits per heavy atom. The molecule has 2 aromatic rings. The molecule has 0 saturated carbocycles. The predicted molar refractivity (Wildman–Crippen MR) is 66.2 cm³/mol. The van der Waals surface area contributed by atoms with E-state index in [-0.39, 0.29) is 5.12 Å². The highest BCUT2D eigenvalue weighted by atomic mass is 32.2. The second kappa shape index (κ2) is 4.99. The molecule has 16 heavy (non-hydrogen) atoms. The van der Waals surface area contributed by atoms with Crippen LogP contribution in [0.2, 0.25) is 0 Å². The Labute approximate surface area is 97.5 Å². The van der Waals surface area contributed by atoms with E-state index in [0.717, 1.165) is 16.7 Å². The van der Waals surface area contributed by atoms with Crippen LogP contribution >= 0.6 is 11.8 Å². The van der Waals surface area contributed by atoms with Crippen LogP contribution in [0.25, 0.3) is 17.2 Å². The van der Waals surface area contributed by atoms with Crippen molar-refractivity contribution in [1.29, 1.82) is 0 Å². The Bertz CT molecular complexity index is 531. The number of hydrogen-bond donors (Lipinski definition) is 0. The summed E-state index contributed by atoms with van der Waals surface area (Å²) in [4.78, 5) is 14.8. The van der Waals surface area contributed by atoms with Gasteiger partial charge in [0.25, 0.3) is 0 Å². The van der Waals surface area contributed by atoms with Gasteiger partial charge >= 0.3 is 0 Å². The van der Waals surface area contributed by atoms with E-state index in [9.17, 15) is 4.79 Å². The van der Waals surface area contributed by atoms with E-state index in [0.29, 0.717) is 5.75 Å². The Morgan fingerprint density at radius 2 is 2.44 bits per heavy atom. The smallest absolute Gasteiger partial charge is 0.186 e. The lowest BCUT2D eigenvalue weighted by Gasteiger charge is -1.92. The van der Waals surface area contributed by atoms with Gasteiger partial charge in [-0.15, -0.1) is 0 Å². The first kappa shape index (κ1) is 11.0. The van der Waals surface area contributed by atoms with Gasteiger partial charge in [0.1, 0.15) is 5.52 Å². The first-order chi connectivity index (χ1) is 7.75. The summed E-state index contributed by atoms with van der Waals surface area (Å²) in [5.41, 5.74) is 2.70. The number of benzene rings is 1. The van der Waals surface area contributed by atoms with Gasteiger partial charge in [0.05, 0.1) is 0 Å². The Hall–Kier alpha value is -1.55. The number of hydrogen-bond acceptors (Lipinski definition) is 4. The molecular weight excluding hydrogens is 222 g/mol. The summed E-state index contributed by atoms with van der Waals surface area (Å²) in [6.45, 7) is 1.57. The molecule has 0 amide bonds. The number of fused-ring (bicyclic) bond motifs is 1. The van der Waals surface area contributed by atoms with E-state index in [4.69, 9.17) is 4.42 Å². The minimum atomic E-state index is 0.136. The number of carbonyl (C=O) groups is 1. The fourth-order valence-electron chi connectivity index (χ4n) is 1.33. The lowest BCUT2D eigenvalue weighted by atomic mass is 10.2. The van der Waals surface area contributed by atoms with Crippen LogP contribution < -0.4 is 0 Å². The molecule has 3 nitrogen and oxygen atoms in total. The third-order valence-electron chi connectivity index (χ3n) is 2.05. The van der Waals surface area contributed by atoms with Gasteiger partial charge in [0.2, 0.25) is 0 Å². The number of oxazole rings is 1. The minimum absolute atomic E-state index is 0.136. The van der Waals surface area contributed by atoms with Crippen LogP contribution in [-0.4, -0.2) is 15.9 Å². The van der Waals surface area contributed by atoms with Crippen LogP contribution in [-0.2, 0) is 4.79 Å². The fourth-order valence-corrected chi connectivity index (χ4v) is 1.76. The van der Waals surface area contributed by atoms with E-state index < -0.39 is 0 Å². The highest BCUT2D eigenvalue weighted by Crippen LogP contribution is 2.15. The van der Waals surface area contributed by atoms with E-state index >= 15 is 0 Å². The molecule has 0 atom stereocenters. The van der Waals surface area contributed by atoms with E-state index in [1.54, 1.807) is 6.92 Å². The van der Waals surface area contributed by atoms with Crippen molar-refractivity contribution >= 4 is 34.1 Å². The zero-order chi connectivity index (χ0) is 11.4. The van der Waals surface area contributed by atoms with Crippen molar-refractivity contribution in [2.45, 2.75) is 6.92 Å². The van der Waals surface area contributed by atoms with E-state index in [2.05, 4.69) is 4.98 Å². The predicted octanol–water partition coefficient (Wildman–Crippen LogP) is 3.12. The zero-order valence-electron chi connectivity index (χ0n) is 8.84. The maximum atomic E-state index is 10.7. The topological polar surface area (TPSA) is 43.1 Å². The highest BCUT2D eigenvalue weighted by Gasteiger charge is 1.97. The third-order valence-corrected chi connectivity index (χ3v) is 2.81. The third kappa shape index (κ3) is 2.73. The minimum Gasteiger partial charge on any atom is -0.443 e. The van der Waals surface area contributed by atoms with Gasteiger partial charge < -0.3 is 4.42 Å². The molecule has 0 aliphatic carbocycles. The van der Waals surface area contributed by atoms with Crippen LogP contribution in [0.1, 0.15) is 12.5 Å². The van der Waals surface area contributed by atoms with Crippen LogP contribution in [0.3, 0.4) is 0 Å². The summed E-state index contributed by atoms with van der Waals surface area (Å²) >= 11 is 1.30. The number of nitrogens with zero attached hydrogens (tertiary/aromatic N) is 1. The van der Waals surface area contributed by atoms with Gasteiger partial charge in [-0.05, 0) is 17.7 Å². The Balaban J connectivity index is 2.06. The van der Waals surface area contributed by atoms with Crippen molar-refractivity contribution in [2.24, 2.45) is 0 Å². The van der Waals surface area contributed by atoms with Crippen molar-refractivity contribution in [3.8, 4) is 0 Å². The summed E-state index contributed by atoms with van der Waals surface area (Å²) in [6.07, 6.45) is 5.38. The molecule has 1 aromatic heterocycles. The van der Waals surface area contributed by atoms with Crippen LogP contribution in [0, 0.1) is 0 Å². The first-order valence-corrected chi connectivity index (χ1v) is 5.87. The molecule has 0 radical (unpaired) electrons. The molecular formula is C12H11NO2S. The quantitative estimate of drug-likeness (QED) is 0.817. The summed E-state index contributed by atoms with van der Waals surface area (Å²) in [5, 5.41) is 0.136. The van der Waals surface area contributed by atoms with Gasteiger partial charge in [-0.25, -0.2) is 4.98 Å². The number of thioether (sulfide) groups is 1. The first-order valence-electron chi connectivity index (χ1n) is 4.89. The summed E-state index contributed by atoms with van der Waals surface area (Å²) in [6, 6.07) is 5.80. The summed E-state index contributed by atoms with van der Waals surface area (Å²) in [5.74, 6) is 0.701. The average molecular weight is 233 g/mol. The van der Waals surface area contributed by atoms with Crippen LogP contribution in [0.4, 0.5) is 0 Å². The molecule has 1 aromatic carbocycles. The normalized spacial score (nSPS) is 11.3. The molecule has 0 fully saturated rings. The van der Waals surface area contributed by atoms with Crippen molar-refractivity contribution < 1.29 is 9.21 Å². The molecule has 0 unspecified atom stereocenters. The molecule has 0 N–H and O–H groups in total. The van der Waals surface area contributed by atoms with Crippen molar-refractivity contribution in [3.05, 3.63) is 36.2 Å². The number of rotatable bonds is 3. The largest absolute Gasteiger partial charge is 0.443 e. The molecule has 0 bridgehead atoms.